The largest absolute Gasteiger partial charge is 0.310 e. The number of aromatic nitrogens is 2. The van der Waals surface area contributed by atoms with Crippen molar-refractivity contribution in [1.29, 1.82) is 0 Å². The van der Waals surface area contributed by atoms with E-state index in [4.69, 9.17) is 0 Å². The second kappa shape index (κ2) is 7.32. The number of nitrogens with one attached hydrogen (secondary N) is 1. The quantitative estimate of drug-likeness (QED) is 0.881. The number of likely N-dealkylation sites (N-methyl/N-ethyl adjacent to an activating group) is 1. The highest BCUT2D eigenvalue weighted by Gasteiger charge is 2.16. The summed E-state index contributed by atoms with van der Waals surface area (Å²) in [4.78, 5) is 0. The number of rotatable bonds is 6. The van der Waals surface area contributed by atoms with Gasteiger partial charge in [-0.05, 0) is 50.4 Å². The second-order valence-corrected chi connectivity index (χ2v) is 5.54. The molecule has 0 aliphatic carbocycles. The minimum atomic E-state index is 0.293. The van der Waals surface area contributed by atoms with Gasteiger partial charge in [0.05, 0.1) is 11.4 Å². The Bertz CT molecular complexity index is 576. The van der Waals surface area contributed by atoms with E-state index in [-0.39, 0.29) is 0 Å². The van der Waals surface area contributed by atoms with Crippen molar-refractivity contribution >= 4 is 0 Å². The molecule has 2 rings (SSSR count). The summed E-state index contributed by atoms with van der Waals surface area (Å²) in [6.07, 6.45) is 1.89. The zero-order valence-corrected chi connectivity index (χ0v) is 13.5. The summed E-state index contributed by atoms with van der Waals surface area (Å²) in [5, 5.41) is 12.2. The number of hydrogen-bond acceptors (Lipinski definition) is 3. The van der Waals surface area contributed by atoms with Gasteiger partial charge in [-0.1, -0.05) is 43.7 Å². The van der Waals surface area contributed by atoms with Crippen LogP contribution in [0.2, 0.25) is 0 Å². The zero-order valence-electron chi connectivity index (χ0n) is 13.5. The molecule has 0 saturated heterocycles. The van der Waals surface area contributed by atoms with E-state index in [9.17, 15) is 0 Å². The van der Waals surface area contributed by atoms with Crippen LogP contribution in [0.3, 0.4) is 0 Å². The fraction of sp³-hybridized carbons (Fsp3) is 0.444. The molecule has 1 heterocycles. The molecule has 1 atom stereocenters. The molecule has 0 amide bonds. The molecule has 3 nitrogen and oxygen atoms in total. The molecule has 0 aliphatic rings. The lowest BCUT2D eigenvalue weighted by atomic mass is 9.96. The Morgan fingerprint density at radius 3 is 2.38 bits per heavy atom. The maximum absolute atomic E-state index is 4.37. The van der Waals surface area contributed by atoms with Crippen LogP contribution < -0.4 is 5.32 Å². The molecular formula is C18H25N3. The van der Waals surface area contributed by atoms with Crippen molar-refractivity contribution < 1.29 is 0 Å². The minimum Gasteiger partial charge on any atom is -0.310 e. The Morgan fingerprint density at radius 2 is 1.76 bits per heavy atom. The van der Waals surface area contributed by atoms with Gasteiger partial charge in [0.1, 0.15) is 0 Å². The van der Waals surface area contributed by atoms with Gasteiger partial charge in [-0.2, -0.15) is 10.2 Å². The van der Waals surface area contributed by atoms with E-state index in [1.807, 2.05) is 6.92 Å². The van der Waals surface area contributed by atoms with Crippen LogP contribution in [0.5, 0.6) is 0 Å². The van der Waals surface area contributed by atoms with Crippen molar-refractivity contribution in [3.63, 3.8) is 0 Å². The summed E-state index contributed by atoms with van der Waals surface area (Å²) in [5.41, 5.74) is 6.01. The van der Waals surface area contributed by atoms with Gasteiger partial charge >= 0.3 is 0 Å². The van der Waals surface area contributed by atoms with Crippen LogP contribution >= 0.6 is 0 Å². The molecule has 112 valence electrons. The minimum absolute atomic E-state index is 0.293. The van der Waals surface area contributed by atoms with Gasteiger partial charge in [0.15, 0.2) is 0 Å². The third-order valence-electron chi connectivity index (χ3n) is 3.75. The third kappa shape index (κ3) is 4.11. The Balaban J connectivity index is 2.30. The van der Waals surface area contributed by atoms with E-state index >= 15 is 0 Å². The Labute approximate surface area is 127 Å². The molecule has 0 bridgehead atoms. The lowest BCUT2D eigenvalue weighted by molar-refractivity contribution is 0.540. The van der Waals surface area contributed by atoms with Crippen LogP contribution in [0, 0.1) is 13.8 Å². The average molecular weight is 283 g/mol. The maximum Gasteiger partial charge on any atom is 0.0676 e. The summed E-state index contributed by atoms with van der Waals surface area (Å²) >= 11 is 0. The highest BCUT2D eigenvalue weighted by molar-refractivity contribution is 5.29. The molecule has 0 saturated carbocycles. The Morgan fingerprint density at radius 1 is 1.05 bits per heavy atom. The molecule has 0 aliphatic heterocycles. The lowest BCUT2D eigenvalue weighted by Gasteiger charge is -2.21. The average Bonchev–Trinajstić information content (AvgIpc) is 2.49. The number of nitrogens with zero attached hydrogens (tertiary/aromatic N) is 2. The van der Waals surface area contributed by atoms with Gasteiger partial charge < -0.3 is 5.32 Å². The van der Waals surface area contributed by atoms with E-state index in [0.717, 1.165) is 30.8 Å². The molecule has 0 radical (unpaired) electrons. The highest BCUT2D eigenvalue weighted by atomic mass is 15.1. The van der Waals surface area contributed by atoms with E-state index in [1.54, 1.807) is 0 Å². The summed E-state index contributed by atoms with van der Waals surface area (Å²) < 4.78 is 0. The van der Waals surface area contributed by atoms with Gasteiger partial charge in [-0.15, -0.1) is 0 Å². The fourth-order valence-corrected chi connectivity index (χ4v) is 2.61. The monoisotopic (exact) mass is 283 g/mol. The highest BCUT2D eigenvalue weighted by Crippen LogP contribution is 2.22. The molecule has 1 aromatic heterocycles. The number of benzene rings is 1. The van der Waals surface area contributed by atoms with Gasteiger partial charge in [0, 0.05) is 6.04 Å². The first-order valence-corrected chi connectivity index (χ1v) is 7.76. The van der Waals surface area contributed by atoms with Crippen LogP contribution in [-0.4, -0.2) is 16.7 Å². The molecule has 2 aromatic rings. The number of aryl methyl sites for hydroxylation is 3. The maximum atomic E-state index is 4.37. The molecular weight excluding hydrogens is 258 g/mol. The Kier molecular flexibility index (Phi) is 5.45. The van der Waals surface area contributed by atoms with Gasteiger partial charge in [-0.25, -0.2) is 0 Å². The lowest BCUT2D eigenvalue weighted by Crippen LogP contribution is -2.25. The topological polar surface area (TPSA) is 37.8 Å². The first-order chi connectivity index (χ1) is 10.1. The summed E-state index contributed by atoms with van der Waals surface area (Å²) in [6, 6.07) is 11.2. The summed E-state index contributed by atoms with van der Waals surface area (Å²) in [7, 11) is 0. The second-order valence-electron chi connectivity index (χ2n) is 5.54. The predicted molar refractivity (Wildman–Crippen MR) is 87.4 cm³/mol. The molecule has 0 spiro atoms. The third-order valence-corrected chi connectivity index (χ3v) is 3.75. The van der Waals surface area contributed by atoms with Gasteiger partial charge in [0.25, 0.3) is 0 Å². The van der Waals surface area contributed by atoms with E-state index in [2.05, 4.69) is 66.6 Å². The van der Waals surface area contributed by atoms with Crippen LogP contribution in [0.1, 0.15) is 48.0 Å². The first-order valence-electron chi connectivity index (χ1n) is 7.76. The van der Waals surface area contributed by atoms with Gasteiger partial charge in [0.2, 0.25) is 0 Å². The summed E-state index contributed by atoms with van der Waals surface area (Å²) in [5.74, 6) is 0. The van der Waals surface area contributed by atoms with Crippen molar-refractivity contribution in [2.24, 2.45) is 0 Å². The van der Waals surface area contributed by atoms with Crippen LogP contribution in [0.15, 0.2) is 30.3 Å². The van der Waals surface area contributed by atoms with Crippen molar-refractivity contribution in [1.82, 2.24) is 15.5 Å². The van der Waals surface area contributed by atoms with Crippen molar-refractivity contribution in [3.8, 4) is 0 Å². The van der Waals surface area contributed by atoms with E-state index < -0.39 is 0 Å². The molecule has 0 fully saturated rings. The van der Waals surface area contributed by atoms with E-state index in [0.29, 0.717) is 6.04 Å². The van der Waals surface area contributed by atoms with Gasteiger partial charge in [-0.3, -0.25) is 0 Å². The molecule has 1 N–H and O–H groups in total. The normalized spacial score (nSPS) is 12.4. The standard InChI is InChI=1S/C18H25N3/c1-5-17-16(11-14(4)20-21-17)18(19-6-2)12-15-9-7-13(3)8-10-15/h7-11,18-19H,5-6,12H2,1-4H3. The van der Waals surface area contributed by atoms with Crippen molar-refractivity contribution in [3.05, 3.63) is 58.4 Å². The van der Waals surface area contributed by atoms with Crippen molar-refractivity contribution in [2.45, 2.75) is 46.6 Å². The molecule has 21 heavy (non-hydrogen) atoms. The smallest absolute Gasteiger partial charge is 0.0676 e. The zero-order chi connectivity index (χ0) is 15.2. The summed E-state index contributed by atoms with van der Waals surface area (Å²) in [6.45, 7) is 9.36. The SMILES string of the molecule is CCNC(Cc1ccc(C)cc1)c1cc(C)nnc1CC. The van der Waals surface area contributed by atoms with Crippen molar-refractivity contribution in [2.75, 3.05) is 6.54 Å². The van der Waals surface area contributed by atoms with Crippen LogP contribution in [0.4, 0.5) is 0 Å². The van der Waals surface area contributed by atoms with Crippen LogP contribution in [0.25, 0.3) is 0 Å². The molecule has 1 aromatic carbocycles. The molecule has 3 heteroatoms. The predicted octanol–water partition coefficient (Wildman–Crippen LogP) is 3.55. The number of hydrogen-bond donors (Lipinski definition) is 1. The first kappa shape index (κ1) is 15.6. The molecule has 1 unspecified atom stereocenters. The van der Waals surface area contributed by atoms with E-state index in [1.165, 1.54) is 16.7 Å². The Hall–Kier alpha value is -1.74. The fourth-order valence-electron chi connectivity index (χ4n) is 2.61. The van der Waals surface area contributed by atoms with Crippen LogP contribution in [-0.2, 0) is 12.8 Å².